The molecule has 0 aliphatic heterocycles. The van der Waals surface area contributed by atoms with E-state index in [1.54, 1.807) is 12.3 Å². The van der Waals surface area contributed by atoms with E-state index in [4.69, 9.17) is 10.2 Å². The monoisotopic (exact) mass is 239 g/mol. The highest BCUT2D eigenvalue weighted by atomic mass is 16.3. The third kappa shape index (κ3) is 4.20. The first kappa shape index (κ1) is 13.7. The van der Waals surface area contributed by atoms with Gasteiger partial charge >= 0.3 is 0 Å². The minimum atomic E-state index is -0.168. The van der Waals surface area contributed by atoms with Crippen LogP contribution in [0.15, 0.2) is 22.8 Å². The average molecular weight is 239 g/mol. The van der Waals surface area contributed by atoms with Crippen molar-refractivity contribution in [3.05, 3.63) is 24.2 Å². The van der Waals surface area contributed by atoms with E-state index in [2.05, 4.69) is 5.32 Å². The summed E-state index contributed by atoms with van der Waals surface area (Å²) in [5.41, 5.74) is 5.51. The Morgan fingerprint density at radius 3 is 2.94 bits per heavy atom. The number of carbonyl (C=O) groups excluding carboxylic acids is 1. The third-order valence-electron chi connectivity index (χ3n) is 2.77. The van der Waals surface area contributed by atoms with Crippen LogP contribution in [-0.4, -0.2) is 36.5 Å². The Labute approximate surface area is 102 Å². The van der Waals surface area contributed by atoms with Crippen LogP contribution >= 0.6 is 0 Å². The van der Waals surface area contributed by atoms with Gasteiger partial charge in [0.1, 0.15) is 5.76 Å². The number of nitrogens with zero attached hydrogens (tertiary/aromatic N) is 1. The van der Waals surface area contributed by atoms with Crippen LogP contribution in [0.1, 0.15) is 19.6 Å². The molecule has 1 aromatic heterocycles. The van der Waals surface area contributed by atoms with E-state index in [0.717, 1.165) is 18.8 Å². The van der Waals surface area contributed by atoms with Crippen molar-refractivity contribution in [1.29, 1.82) is 0 Å². The number of amides is 1. The maximum atomic E-state index is 11.9. The lowest BCUT2D eigenvalue weighted by Crippen LogP contribution is -2.46. The molecule has 0 fully saturated rings. The summed E-state index contributed by atoms with van der Waals surface area (Å²) in [6.45, 7) is 6.43. The maximum Gasteiger partial charge on any atom is 0.237 e. The highest BCUT2D eigenvalue weighted by Crippen LogP contribution is 2.01. The van der Waals surface area contributed by atoms with E-state index in [0.29, 0.717) is 13.1 Å². The molecule has 96 valence electrons. The minimum Gasteiger partial charge on any atom is -0.467 e. The van der Waals surface area contributed by atoms with Crippen LogP contribution in [0.5, 0.6) is 0 Å². The fourth-order valence-electron chi connectivity index (χ4n) is 1.69. The van der Waals surface area contributed by atoms with Gasteiger partial charge in [-0.15, -0.1) is 0 Å². The first-order valence-corrected chi connectivity index (χ1v) is 5.93. The molecule has 1 aromatic rings. The Bertz CT molecular complexity index is 325. The number of rotatable bonds is 7. The van der Waals surface area contributed by atoms with Crippen molar-refractivity contribution in [2.24, 2.45) is 5.73 Å². The van der Waals surface area contributed by atoms with Crippen LogP contribution in [0.2, 0.25) is 0 Å². The molecule has 3 N–H and O–H groups in total. The standard InChI is InChI=1S/C12H21N3O2/c1-3-15(7-6-13)10(2)12(16)14-9-11-5-4-8-17-11/h4-5,8,10H,3,6-7,9,13H2,1-2H3,(H,14,16). The summed E-state index contributed by atoms with van der Waals surface area (Å²) in [6, 6.07) is 3.47. The average Bonchev–Trinajstić information content (AvgIpc) is 2.85. The molecule has 5 nitrogen and oxygen atoms in total. The first-order valence-electron chi connectivity index (χ1n) is 5.93. The Hall–Kier alpha value is -1.33. The van der Waals surface area contributed by atoms with Crippen LogP contribution in [-0.2, 0) is 11.3 Å². The zero-order valence-electron chi connectivity index (χ0n) is 10.5. The molecule has 0 bridgehead atoms. The van der Waals surface area contributed by atoms with E-state index >= 15 is 0 Å². The predicted molar refractivity (Wildman–Crippen MR) is 66.3 cm³/mol. The van der Waals surface area contributed by atoms with Crippen molar-refractivity contribution in [1.82, 2.24) is 10.2 Å². The van der Waals surface area contributed by atoms with Gasteiger partial charge in [-0.1, -0.05) is 6.92 Å². The van der Waals surface area contributed by atoms with Gasteiger partial charge < -0.3 is 15.5 Å². The van der Waals surface area contributed by atoms with Crippen molar-refractivity contribution >= 4 is 5.91 Å². The molecule has 0 saturated heterocycles. The highest BCUT2D eigenvalue weighted by Gasteiger charge is 2.18. The summed E-state index contributed by atoms with van der Waals surface area (Å²) >= 11 is 0. The molecule has 1 heterocycles. The number of carbonyl (C=O) groups is 1. The molecule has 0 radical (unpaired) electrons. The molecule has 0 aliphatic carbocycles. The van der Waals surface area contributed by atoms with Crippen molar-refractivity contribution in [3.63, 3.8) is 0 Å². The van der Waals surface area contributed by atoms with Crippen LogP contribution in [0.3, 0.4) is 0 Å². The smallest absolute Gasteiger partial charge is 0.237 e. The van der Waals surface area contributed by atoms with Crippen LogP contribution in [0.4, 0.5) is 0 Å². The summed E-state index contributed by atoms with van der Waals surface area (Å²) in [5, 5.41) is 2.84. The zero-order valence-corrected chi connectivity index (χ0v) is 10.5. The summed E-state index contributed by atoms with van der Waals surface area (Å²) < 4.78 is 5.15. The lowest BCUT2D eigenvalue weighted by atomic mass is 10.2. The second kappa shape index (κ2) is 7.09. The topological polar surface area (TPSA) is 71.5 Å². The van der Waals surface area contributed by atoms with Gasteiger partial charge in [-0.2, -0.15) is 0 Å². The lowest BCUT2D eigenvalue weighted by Gasteiger charge is -2.26. The first-order chi connectivity index (χ1) is 8.19. The normalized spacial score (nSPS) is 12.7. The molecule has 1 rings (SSSR count). The molecule has 0 saturated carbocycles. The molecule has 1 unspecified atom stereocenters. The second-order valence-corrected chi connectivity index (χ2v) is 3.89. The quantitative estimate of drug-likeness (QED) is 0.729. The van der Waals surface area contributed by atoms with Gasteiger partial charge in [0.15, 0.2) is 0 Å². The van der Waals surface area contributed by atoms with Crippen molar-refractivity contribution < 1.29 is 9.21 Å². The Kier molecular flexibility index (Phi) is 5.72. The van der Waals surface area contributed by atoms with Gasteiger partial charge in [-0.05, 0) is 25.6 Å². The fourth-order valence-corrected chi connectivity index (χ4v) is 1.69. The Balaban J connectivity index is 2.40. The minimum absolute atomic E-state index is 0.00306. The third-order valence-corrected chi connectivity index (χ3v) is 2.77. The molecule has 1 amide bonds. The largest absolute Gasteiger partial charge is 0.467 e. The van der Waals surface area contributed by atoms with Gasteiger partial charge in [-0.25, -0.2) is 0 Å². The summed E-state index contributed by atoms with van der Waals surface area (Å²) in [7, 11) is 0. The number of hydrogen-bond donors (Lipinski definition) is 2. The molecular weight excluding hydrogens is 218 g/mol. The summed E-state index contributed by atoms with van der Waals surface area (Å²) in [6.07, 6.45) is 1.59. The van der Waals surface area contributed by atoms with Crippen molar-refractivity contribution in [2.75, 3.05) is 19.6 Å². The summed E-state index contributed by atoms with van der Waals surface area (Å²) in [5.74, 6) is 0.754. The Morgan fingerprint density at radius 1 is 1.65 bits per heavy atom. The van der Waals surface area contributed by atoms with Crippen LogP contribution in [0.25, 0.3) is 0 Å². The van der Waals surface area contributed by atoms with Gasteiger partial charge in [0.25, 0.3) is 0 Å². The lowest BCUT2D eigenvalue weighted by molar-refractivity contribution is -0.126. The second-order valence-electron chi connectivity index (χ2n) is 3.89. The number of furan rings is 1. The van der Waals surface area contributed by atoms with Gasteiger partial charge in [-0.3, -0.25) is 9.69 Å². The van der Waals surface area contributed by atoms with Gasteiger partial charge in [0.2, 0.25) is 5.91 Å². The zero-order chi connectivity index (χ0) is 12.7. The fraction of sp³-hybridized carbons (Fsp3) is 0.583. The molecule has 0 aromatic carbocycles. The van der Waals surface area contributed by atoms with Crippen molar-refractivity contribution in [2.45, 2.75) is 26.4 Å². The molecule has 0 aliphatic rings. The van der Waals surface area contributed by atoms with E-state index in [1.807, 2.05) is 24.8 Å². The molecule has 5 heteroatoms. The van der Waals surface area contributed by atoms with Crippen molar-refractivity contribution in [3.8, 4) is 0 Å². The molecule has 17 heavy (non-hydrogen) atoms. The molecular formula is C12H21N3O2. The SMILES string of the molecule is CCN(CCN)C(C)C(=O)NCc1ccco1. The number of likely N-dealkylation sites (N-methyl/N-ethyl adjacent to an activating group) is 1. The predicted octanol–water partition coefficient (Wildman–Crippen LogP) is 0.565. The van der Waals surface area contributed by atoms with E-state index in [-0.39, 0.29) is 11.9 Å². The molecule has 0 spiro atoms. The van der Waals surface area contributed by atoms with E-state index in [9.17, 15) is 4.79 Å². The number of nitrogens with one attached hydrogen (secondary N) is 1. The Morgan fingerprint density at radius 2 is 2.41 bits per heavy atom. The maximum absolute atomic E-state index is 11.9. The highest BCUT2D eigenvalue weighted by molar-refractivity contribution is 5.81. The van der Waals surface area contributed by atoms with Gasteiger partial charge in [0, 0.05) is 13.1 Å². The van der Waals surface area contributed by atoms with Crippen LogP contribution < -0.4 is 11.1 Å². The number of nitrogens with two attached hydrogens (primary N) is 1. The summed E-state index contributed by atoms with van der Waals surface area (Å²) in [4.78, 5) is 13.9. The van der Waals surface area contributed by atoms with E-state index in [1.165, 1.54) is 0 Å². The molecule has 1 atom stereocenters. The number of hydrogen-bond acceptors (Lipinski definition) is 4. The van der Waals surface area contributed by atoms with Crippen LogP contribution in [0, 0.1) is 0 Å². The van der Waals surface area contributed by atoms with Gasteiger partial charge in [0.05, 0.1) is 18.8 Å². The van der Waals surface area contributed by atoms with E-state index < -0.39 is 0 Å².